The molecule has 2 fully saturated rings. The third-order valence-electron chi connectivity index (χ3n) is 3.43. The van der Waals surface area contributed by atoms with Crippen molar-refractivity contribution >= 4 is 21.9 Å². The first-order valence-corrected chi connectivity index (χ1v) is 7.19. The van der Waals surface area contributed by atoms with Crippen LogP contribution >= 0.6 is 0 Å². The molecule has 6 nitrogen and oxygen atoms in total. The summed E-state index contributed by atoms with van der Waals surface area (Å²) in [4.78, 5) is 24.4. The molecule has 0 aromatic carbocycles. The summed E-state index contributed by atoms with van der Waals surface area (Å²) in [6.45, 7) is 0. The van der Waals surface area contributed by atoms with Gasteiger partial charge in [-0.25, -0.2) is 8.42 Å². The summed E-state index contributed by atoms with van der Waals surface area (Å²) < 4.78 is 32.6. The molecule has 7 heteroatoms. The highest BCUT2D eigenvalue weighted by Crippen LogP contribution is 2.29. The Morgan fingerprint density at radius 1 is 1.12 bits per heavy atom. The molecule has 2 rings (SSSR count). The number of carbonyl (C=O) groups excluding carboxylic acids is 2. The van der Waals surface area contributed by atoms with E-state index in [1.54, 1.807) is 0 Å². The predicted molar refractivity (Wildman–Crippen MR) is 56.8 cm³/mol. The molecule has 1 aliphatic heterocycles. The van der Waals surface area contributed by atoms with E-state index in [2.05, 4.69) is 0 Å². The van der Waals surface area contributed by atoms with Crippen molar-refractivity contribution in [3.63, 3.8) is 0 Å². The minimum atomic E-state index is -4.72. The van der Waals surface area contributed by atoms with Crippen molar-refractivity contribution in [2.75, 3.05) is 0 Å². The number of hydrogen-bond acceptors (Lipinski definition) is 5. The van der Waals surface area contributed by atoms with Gasteiger partial charge in [-0.3, -0.25) is 14.5 Å². The highest BCUT2D eigenvalue weighted by Gasteiger charge is 2.45. The molecule has 1 aliphatic carbocycles. The summed E-state index contributed by atoms with van der Waals surface area (Å²) in [5.41, 5.74) is 0. The molecule has 1 heterocycles. The quantitative estimate of drug-likeness (QED) is 0.514. The second-order valence-electron chi connectivity index (χ2n) is 4.58. The molecule has 2 aliphatic rings. The van der Waals surface area contributed by atoms with Crippen LogP contribution in [0.4, 0.5) is 0 Å². The number of carbonyl (C=O) groups is 2. The van der Waals surface area contributed by atoms with Gasteiger partial charge in [0, 0.05) is 6.04 Å². The second-order valence-corrected chi connectivity index (χ2v) is 6.13. The van der Waals surface area contributed by atoms with Gasteiger partial charge in [-0.2, -0.15) is 0 Å². The van der Waals surface area contributed by atoms with E-state index in [9.17, 15) is 22.6 Å². The van der Waals surface area contributed by atoms with E-state index in [0.29, 0.717) is 12.8 Å². The molecule has 1 atom stereocenters. The fourth-order valence-electron chi connectivity index (χ4n) is 2.57. The standard InChI is InChI=1S/C10H15NO5S/c12-9-6-8(17(14,15)16)10(13)11(9)7-4-2-1-3-5-7/h7-8H,1-6H2,(H,14,15,16)/p-1. The zero-order valence-corrected chi connectivity index (χ0v) is 10.1. The SMILES string of the molecule is O=C1CC(S(=O)(=O)[O-])C(=O)N1C1CCCCC1. The van der Waals surface area contributed by atoms with Crippen molar-refractivity contribution in [1.82, 2.24) is 4.90 Å². The molecule has 96 valence electrons. The highest BCUT2D eigenvalue weighted by atomic mass is 32.2. The Hall–Kier alpha value is -0.950. The van der Waals surface area contributed by atoms with Crippen molar-refractivity contribution in [1.29, 1.82) is 0 Å². The number of imide groups is 1. The Balaban J connectivity index is 2.19. The zero-order valence-electron chi connectivity index (χ0n) is 9.29. The number of amides is 2. The monoisotopic (exact) mass is 260 g/mol. The molecular weight excluding hydrogens is 246 g/mol. The Kier molecular flexibility index (Phi) is 3.22. The minimum Gasteiger partial charge on any atom is -0.747 e. The molecule has 2 amide bonds. The average Bonchev–Trinajstić information content (AvgIpc) is 2.55. The fraction of sp³-hybridized carbons (Fsp3) is 0.800. The lowest BCUT2D eigenvalue weighted by molar-refractivity contribution is -0.141. The first kappa shape index (κ1) is 12.5. The van der Waals surface area contributed by atoms with Crippen LogP contribution in [0.3, 0.4) is 0 Å². The van der Waals surface area contributed by atoms with E-state index in [-0.39, 0.29) is 6.04 Å². The molecule has 0 N–H and O–H groups in total. The summed E-state index contributed by atoms with van der Waals surface area (Å²) >= 11 is 0. The molecule has 1 saturated heterocycles. The van der Waals surface area contributed by atoms with E-state index in [0.717, 1.165) is 24.2 Å². The molecule has 0 aromatic heterocycles. The Morgan fingerprint density at radius 2 is 1.71 bits per heavy atom. The fourth-order valence-corrected chi connectivity index (χ4v) is 3.28. The van der Waals surface area contributed by atoms with Crippen molar-refractivity contribution in [2.24, 2.45) is 0 Å². The van der Waals surface area contributed by atoms with E-state index < -0.39 is 33.6 Å². The summed E-state index contributed by atoms with van der Waals surface area (Å²) in [5.74, 6) is -1.34. The van der Waals surface area contributed by atoms with Crippen LogP contribution in [-0.2, 0) is 19.7 Å². The van der Waals surface area contributed by atoms with Gasteiger partial charge < -0.3 is 4.55 Å². The van der Waals surface area contributed by atoms with Gasteiger partial charge in [0.15, 0.2) is 0 Å². The lowest BCUT2D eigenvalue weighted by Crippen LogP contribution is -2.43. The lowest BCUT2D eigenvalue weighted by Gasteiger charge is -2.29. The summed E-state index contributed by atoms with van der Waals surface area (Å²) in [6, 6.07) is -0.213. The zero-order chi connectivity index (χ0) is 12.6. The van der Waals surface area contributed by atoms with Crippen LogP contribution in [0.2, 0.25) is 0 Å². The van der Waals surface area contributed by atoms with Crippen LogP contribution in [0.15, 0.2) is 0 Å². The van der Waals surface area contributed by atoms with Crippen LogP contribution in [0.5, 0.6) is 0 Å². The number of likely N-dealkylation sites (tertiary alicyclic amines) is 1. The van der Waals surface area contributed by atoms with Gasteiger partial charge in [0.2, 0.25) is 11.8 Å². The maximum absolute atomic E-state index is 11.8. The summed E-state index contributed by atoms with van der Waals surface area (Å²) in [6.07, 6.45) is 3.86. The maximum Gasteiger partial charge on any atom is 0.247 e. The predicted octanol–water partition coefficient (Wildman–Crippen LogP) is -0.00820. The van der Waals surface area contributed by atoms with Crippen molar-refractivity contribution in [2.45, 2.75) is 49.8 Å². The summed E-state index contributed by atoms with van der Waals surface area (Å²) in [5, 5.41) is -1.70. The van der Waals surface area contributed by atoms with Gasteiger partial charge in [0.05, 0.1) is 6.42 Å². The highest BCUT2D eigenvalue weighted by molar-refractivity contribution is 7.87. The Bertz CT molecular complexity index is 438. The molecule has 17 heavy (non-hydrogen) atoms. The largest absolute Gasteiger partial charge is 0.747 e. The minimum absolute atomic E-state index is 0.213. The molecule has 0 spiro atoms. The molecular formula is C10H14NO5S-. The van der Waals surface area contributed by atoms with Gasteiger partial charge in [0.1, 0.15) is 15.4 Å². The van der Waals surface area contributed by atoms with Crippen LogP contribution in [0.25, 0.3) is 0 Å². The normalized spacial score (nSPS) is 27.8. The Morgan fingerprint density at radius 3 is 2.18 bits per heavy atom. The van der Waals surface area contributed by atoms with Gasteiger partial charge in [-0.15, -0.1) is 0 Å². The van der Waals surface area contributed by atoms with E-state index in [1.165, 1.54) is 0 Å². The van der Waals surface area contributed by atoms with Gasteiger partial charge in [-0.1, -0.05) is 19.3 Å². The van der Waals surface area contributed by atoms with Crippen molar-refractivity contribution < 1.29 is 22.6 Å². The maximum atomic E-state index is 11.8. The average molecular weight is 260 g/mol. The van der Waals surface area contributed by atoms with Crippen LogP contribution in [0.1, 0.15) is 38.5 Å². The van der Waals surface area contributed by atoms with Crippen LogP contribution in [-0.4, -0.2) is 41.0 Å². The van der Waals surface area contributed by atoms with E-state index in [1.807, 2.05) is 0 Å². The first-order valence-electron chi connectivity index (χ1n) is 5.72. The van der Waals surface area contributed by atoms with Crippen LogP contribution < -0.4 is 0 Å². The smallest absolute Gasteiger partial charge is 0.247 e. The molecule has 0 radical (unpaired) electrons. The van der Waals surface area contributed by atoms with Gasteiger partial charge >= 0.3 is 0 Å². The van der Waals surface area contributed by atoms with Gasteiger partial charge in [-0.05, 0) is 12.8 Å². The molecule has 1 saturated carbocycles. The first-order chi connectivity index (χ1) is 7.91. The third kappa shape index (κ3) is 2.35. The second kappa shape index (κ2) is 4.38. The van der Waals surface area contributed by atoms with E-state index in [4.69, 9.17) is 0 Å². The Labute approximate surface area is 99.7 Å². The van der Waals surface area contributed by atoms with E-state index >= 15 is 0 Å². The number of rotatable bonds is 2. The van der Waals surface area contributed by atoms with Crippen LogP contribution in [0, 0.1) is 0 Å². The van der Waals surface area contributed by atoms with Crippen molar-refractivity contribution in [3.05, 3.63) is 0 Å². The molecule has 1 unspecified atom stereocenters. The van der Waals surface area contributed by atoms with Gasteiger partial charge in [0.25, 0.3) is 0 Å². The number of hydrogen-bond donors (Lipinski definition) is 0. The third-order valence-corrected chi connectivity index (χ3v) is 4.50. The lowest BCUT2D eigenvalue weighted by atomic mass is 9.94. The number of nitrogens with zero attached hydrogens (tertiary/aromatic N) is 1. The molecule has 0 aromatic rings. The summed E-state index contributed by atoms with van der Waals surface area (Å²) in [7, 11) is -4.72. The topological polar surface area (TPSA) is 94.6 Å². The molecule has 0 bridgehead atoms. The van der Waals surface area contributed by atoms with Crippen molar-refractivity contribution in [3.8, 4) is 0 Å².